The normalized spacial score (nSPS) is 15.0. The van der Waals surface area contributed by atoms with E-state index in [1.807, 2.05) is 62.4 Å². The summed E-state index contributed by atoms with van der Waals surface area (Å²) in [6, 6.07) is 14.6. The van der Waals surface area contributed by atoms with Crippen LogP contribution >= 0.6 is 0 Å². The largest absolute Gasteiger partial charge is 0.494 e. The number of rotatable bonds is 7. The first-order chi connectivity index (χ1) is 17.0. The zero-order valence-electron chi connectivity index (χ0n) is 20.2. The van der Waals surface area contributed by atoms with Crippen molar-refractivity contribution in [1.29, 1.82) is 0 Å². The van der Waals surface area contributed by atoms with Crippen LogP contribution in [-0.2, 0) is 6.54 Å². The smallest absolute Gasteiger partial charge is 0.291 e. The SMILES string of the molecule is CCCCOc1cccc(C2c3c(oc4cc(C)cc(C)c4c3=O)C(=O)N2Cc2cccnc2)c1. The van der Waals surface area contributed by atoms with Crippen molar-refractivity contribution in [3.63, 3.8) is 0 Å². The Bertz CT molecular complexity index is 1460. The Hall–Kier alpha value is -3.93. The van der Waals surface area contributed by atoms with E-state index in [1.165, 1.54) is 0 Å². The lowest BCUT2D eigenvalue weighted by molar-refractivity contribution is 0.0714. The number of aryl methyl sites for hydroxylation is 2. The van der Waals surface area contributed by atoms with E-state index in [1.54, 1.807) is 17.3 Å². The van der Waals surface area contributed by atoms with Crippen LogP contribution in [0.15, 0.2) is 70.1 Å². The molecule has 0 saturated carbocycles. The molecule has 2 aromatic carbocycles. The minimum atomic E-state index is -0.589. The number of pyridine rings is 1. The lowest BCUT2D eigenvalue weighted by Gasteiger charge is -2.25. The molecule has 5 rings (SSSR count). The number of carbonyl (C=O) groups excluding carboxylic acids is 1. The van der Waals surface area contributed by atoms with E-state index in [-0.39, 0.29) is 17.1 Å². The average molecular weight is 469 g/mol. The summed E-state index contributed by atoms with van der Waals surface area (Å²) >= 11 is 0. The number of hydrogen-bond donors (Lipinski definition) is 0. The number of ether oxygens (including phenoxy) is 1. The molecule has 3 heterocycles. The van der Waals surface area contributed by atoms with E-state index in [0.29, 0.717) is 29.7 Å². The Balaban J connectivity index is 1.68. The van der Waals surface area contributed by atoms with Gasteiger partial charge in [-0.1, -0.05) is 37.6 Å². The van der Waals surface area contributed by atoms with Gasteiger partial charge in [-0.3, -0.25) is 14.6 Å². The topological polar surface area (TPSA) is 72.6 Å². The van der Waals surface area contributed by atoms with Crippen LogP contribution in [0.3, 0.4) is 0 Å². The lowest BCUT2D eigenvalue weighted by Crippen LogP contribution is -2.29. The molecule has 0 fully saturated rings. The van der Waals surface area contributed by atoms with Gasteiger partial charge in [0.15, 0.2) is 5.43 Å². The number of hydrogen-bond acceptors (Lipinski definition) is 5. The van der Waals surface area contributed by atoms with Gasteiger partial charge in [-0.05, 0) is 66.8 Å². The first-order valence-corrected chi connectivity index (χ1v) is 12.0. The van der Waals surface area contributed by atoms with Crippen LogP contribution in [0.5, 0.6) is 5.75 Å². The summed E-state index contributed by atoms with van der Waals surface area (Å²) in [5, 5.41) is 0.519. The molecule has 0 saturated heterocycles. The summed E-state index contributed by atoms with van der Waals surface area (Å²) in [5.41, 5.74) is 4.16. The Kier molecular flexibility index (Phi) is 6.12. The van der Waals surface area contributed by atoms with Crippen LogP contribution in [0.25, 0.3) is 11.0 Å². The van der Waals surface area contributed by atoms with Gasteiger partial charge in [0.25, 0.3) is 5.91 Å². The van der Waals surface area contributed by atoms with Gasteiger partial charge in [0.05, 0.1) is 23.6 Å². The Labute approximate surface area is 204 Å². The summed E-state index contributed by atoms with van der Waals surface area (Å²) < 4.78 is 12.1. The molecule has 1 atom stereocenters. The summed E-state index contributed by atoms with van der Waals surface area (Å²) in [5.74, 6) is 0.526. The number of unbranched alkanes of at least 4 members (excludes halogenated alkanes) is 1. The summed E-state index contributed by atoms with van der Waals surface area (Å²) in [6.45, 7) is 6.88. The Morgan fingerprint density at radius 2 is 1.94 bits per heavy atom. The van der Waals surface area contributed by atoms with Crippen molar-refractivity contribution in [2.75, 3.05) is 6.61 Å². The molecule has 178 valence electrons. The molecule has 1 aliphatic heterocycles. The minimum Gasteiger partial charge on any atom is -0.494 e. The van der Waals surface area contributed by atoms with E-state index in [9.17, 15) is 9.59 Å². The zero-order chi connectivity index (χ0) is 24.5. The van der Waals surface area contributed by atoms with Gasteiger partial charge in [-0.15, -0.1) is 0 Å². The van der Waals surface area contributed by atoms with Gasteiger partial charge in [0, 0.05) is 18.9 Å². The number of amides is 1. The highest BCUT2D eigenvalue weighted by Crippen LogP contribution is 2.40. The molecule has 0 bridgehead atoms. The Morgan fingerprint density at radius 1 is 1.09 bits per heavy atom. The third-order valence-corrected chi connectivity index (χ3v) is 6.43. The van der Waals surface area contributed by atoms with Crippen molar-refractivity contribution in [3.8, 4) is 5.75 Å². The highest BCUT2D eigenvalue weighted by Gasteiger charge is 2.43. The molecule has 4 aromatic rings. The molecule has 2 aromatic heterocycles. The van der Waals surface area contributed by atoms with E-state index >= 15 is 0 Å². The molecule has 0 aliphatic carbocycles. The third kappa shape index (κ3) is 4.20. The Morgan fingerprint density at radius 3 is 2.71 bits per heavy atom. The van der Waals surface area contributed by atoms with Crippen molar-refractivity contribution in [1.82, 2.24) is 9.88 Å². The number of nitrogens with zero attached hydrogens (tertiary/aromatic N) is 2. The maximum atomic E-state index is 13.9. The second-order valence-corrected chi connectivity index (χ2v) is 9.10. The fourth-order valence-electron chi connectivity index (χ4n) is 4.82. The van der Waals surface area contributed by atoms with Crippen molar-refractivity contribution in [2.24, 2.45) is 0 Å². The molecule has 0 N–H and O–H groups in total. The molecule has 1 unspecified atom stereocenters. The van der Waals surface area contributed by atoms with Crippen LogP contribution in [-0.4, -0.2) is 22.4 Å². The summed E-state index contributed by atoms with van der Waals surface area (Å²) in [7, 11) is 0. The number of carbonyl (C=O) groups is 1. The minimum absolute atomic E-state index is 0.110. The third-order valence-electron chi connectivity index (χ3n) is 6.43. The van der Waals surface area contributed by atoms with Crippen molar-refractivity contribution in [2.45, 2.75) is 46.2 Å². The van der Waals surface area contributed by atoms with Gasteiger partial charge < -0.3 is 14.1 Å². The van der Waals surface area contributed by atoms with Crippen LogP contribution in [0.4, 0.5) is 0 Å². The molecule has 1 aliphatic rings. The van der Waals surface area contributed by atoms with Gasteiger partial charge in [0.2, 0.25) is 5.76 Å². The van der Waals surface area contributed by atoms with E-state index in [0.717, 1.165) is 40.8 Å². The van der Waals surface area contributed by atoms with Gasteiger partial charge >= 0.3 is 0 Å². The number of aromatic nitrogens is 1. The molecule has 6 heteroatoms. The first-order valence-electron chi connectivity index (χ1n) is 12.0. The molecular formula is C29H28N2O4. The second kappa shape index (κ2) is 9.37. The lowest BCUT2D eigenvalue weighted by atomic mass is 9.96. The van der Waals surface area contributed by atoms with Crippen molar-refractivity contribution in [3.05, 3.63) is 105 Å². The molecule has 6 nitrogen and oxygen atoms in total. The standard InChI is InChI=1S/C29H28N2O4/c1-4-5-12-34-22-10-6-9-21(15-22)26-25-27(32)24-19(3)13-18(2)14-23(24)35-28(25)29(33)31(26)17-20-8-7-11-30-16-20/h6-11,13-16,26H,4-5,12,17H2,1-3H3. The number of benzene rings is 2. The predicted octanol–water partition coefficient (Wildman–Crippen LogP) is 5.73. The highest BCUT2D eigenvalue weighted by atomic mass is 16.5. The molecule has 0 spiro atoms. The second-order valence-electron chi connectivity index (χ2n) is 9.10. The van der Waals surface area contributed by atoms with Crippen LogP contribution in [0, 0.1) is 13.8 Å². The quantitative estimate of drug-likeness (QED) is 0.324. The van der Waals surface area contributed by atoms with E-state index in [2.05, 4.69) is 11.9 Å². The maximum Gasteiger partial charge on any atom is 0.291 e. The van der Waals surface area contributed by atoms with Crippen LogP contribution in [0.1, 0.15) is 64.2 Å². The zero-order valence-corrected chi connectivity index (χ0v) is 20.2. The average Bonchev–Trinajstić information content (AvgIpc) is 3.11. The monoisotopic (exact) mass is 468 g/mol. The summed E-state index contributed by atoms with van der Waals surface area (Å²) in [4.78, 5) is 33.5. The van der Waals surface area contributed by atoms with Gasteiger partial charge in [-0.25, -0.2) is 0 Å². The fourth-order valence-corrected chi connectivity index (χ4v) is 4.82. The molecular weight excluding hydrogens is 440 g/mol. The van der Waals surface area contributed by atoms with Gasteiger partial charge in [-0.2, -0.15) is 0 Å². The predicted molar refractivity (Wildman–Crippen MR) is 135 cm³/mol. The molecule has 0 radical (unpaired) electrons. The van der Waals surface area contributed by atoms with Gasteiger partial charge in [0.1, 0.15) is 11.3 Å². The summed E-state index contributed by atoms with van der Waals surface area (Å²) in [6.07, 6.45) is 5.42. The number of fused-ring (bicyclic) bond motifs is 2. The van der Waals surface area contributed by atoms with Crippen LogP contribution in [0.2, 0.25) is 0 Å². The fraction of sp³-hybridized carbons (Fsp3) is 0.276. The maximum absolute atomic E-state index is 13.9. The first kappa shape index (κ1) is 22.8. The van der Waals surface area contributed by atoms with Crippen molar-refractivity contribution < 1.29 is 13.9 Å². The van der Waals surface area contributed by atoms with E-state index < -0.39 is 6.04 Å². The molecule has 35 heavy (non-hydrogen) atoms. The highest BCUT2D eigenvalue weighted by molar-refractivity contribution is 5.99. The van der Waals surface area contributed by atoms with E-state index in [4.69, 9.17) is 9.15 Å². The molecule has 1 amide bonds. The van der Waals surface area contributed by atoms with Crippen LogP contribution < -0.4 is 10.2 Å². The van der Waals surface area contributed by atoms with Crippen molar-refractivity contribution >= 4 is 16.9 Å².